The van der Waals surface area contributed by atoms with E-state index in [9.17, 15) is 0 Å². The van der Waals surface area contributed by atoms with Gasteiger partial charge in [-0.3, -0.25) is 0 Å². The molecule has 38 valence electrons. The number of imidazole rings is 1. The van der Waals surface area contributed by atoms with E-state index in [4.69, 9.17) is 1.41 Å². The van der Waals surface area contributed by atoms with Gasteiger partial charge in [-0.1, -0.05) is 6.92 Å². The fourth-order valence-electron chi connectivity index (χ4n) is 0.443. The minimum Gasteiger partial charge on any atom is -0.349 e. The minimum atomic E-state index is 0.878. The van der Waals surface area contributed by atoms with Crippen LogP contribution in [0.3, 0.4) is 0 Å². The fourth-order valence-corrected chi connectivity index (χ4v) is 0.443. The molecule has 1 aromatic heterocycles. The van der Waals surface area contributed by atoms with Crippen molar-refractivity contribution in [1.29, 1.82) is 0 Å². The molecule has 0 bridgehead atoms. The van der Waals surface area contributed by atoms with Crippen LogP contribution in [-0.4, -0.2) is 9.96 Å². The third kappa shape index (κ3) is 0.796. The van der Waals surface area contributed by atoms with Crippen LogP contribution in [0, 0.1) is 0 Å². The molecule has 1 rings (SSSR count). The van der Waals surface area contributed by atoms with E-state index >= 15 is 0 Å². The van der Waals surface area contributed by atoms with Gasteiger partial charge in [0.1, 0.15) is 0 Å². The molecule has 7 heavy (non-hydrogen) atoms. The van der Waals surface area contributed by atoms with Crippen LogP contribution in [0.4, 0.5) is 0 Å². The number of H-pyrrole nitrogens is 1. The highest BCUT2D eigenvalue weighted by molar-refractivity contribution is 4.92. The van der Waals surface area contributed by atoms with Gasteiger partial charge in [0.2, 0.25) is 0 Å². The average Bonchev–Trinajstić information content (AvgIpc) is 2.14. The Morgan fingerprint density at radius 1 is 2.14 bits per heavy atom. The summed E-state index contributed by atoms with van der Waals surface area (Å²) in [6.07, 6.45) is 4.06. The van der Waals surface area contributed by atoms with Crippen LogP contribution >= 0.6 is 0 Å². The third-order valence-electron chi connectivity index (χ3n) is 0.876. The number of hydrogen-bond acceptors (Lipinski definition) is 1. The van der Waals surface area contributed by atoms with Crippen molar-refractivity contribution in [3.8, 4) is 0 Å². The van der Waals surface area contributed by atoms with Gasteiger partial charge in [-0.05, 0) is 6.42 Å². The molecule has 0 fully saturated rings. The number of rotatable bonds is 1. The molecular weight excluding hydrogens is 88.1 g/mol. The Hall–Kier alpha value is -0.790. The zero-order valence-corrected chi connectivity index (χ0v) is 4.26. The molecule has 0 aliphatic carbocycles. The zero-order chi connectivity index (χ0) is 5.98. The van der Waals surface area contributed by atoms with Gasteiger partial charge in [-0.2, -0.15) is 0 Å². The summed E-state index contributed by atoms with van der Waals surface area (Å²) in [4.78, 5) is 5.05. The summed E-state index contributed by atoms with van der Waals surface area (Å²) in [5, 5.41) is 0. The topological polar surface area (TPSA) is 28.7 Å². The van der Waals surface area contributed by atoms with Crippen LogP contribution in [0.25, 0.3) is 0 Å². The molecule has 0 radical (unpaired) electrons. The maximum Gasteiger partial charge on any atom is 0.167 e. The summed E-state index contributed by atoms with van der Waals surface area (Å²) in [7, 11) is 0. The third-order valence-corrected chi connectivity index (χ3v) is 0.876. The van der Waals surface area contributed by atoms with Gasteiger partial charge < -0.3 is 4.98 Å². The molecular formula is C5H8N2. The Bertz CT molecular complexity index is 171. The first-order valence-electron chi connectivity index (χ1n) is 2.79. The van der Waals surface area contributed by atoms with Crippen molar-refractivity contribution < 1.29 is 1.41 Å². The van der Waals surface area contributed by atoms with Gasteiger partial charge in [0.05, 0.1) is 6.33 Å². The number of nitrogens with zero attached hydrogens (tertiary/aromatic N) is 1. The summed E-state index contributed by atoms with van der Waals surface area (Å²) in [5.74, 6) is 0. The molecule has 0 aliphatic rings. The molecule has 1 heterocycles. The molecule has 1 aromatic rings. The predicted molar refractivity (Wildman–Crippen MR) is 28.0 cm³/mol. The highest BCUT2D eigenvalue weighted by atomic mass is 14.8. The first-order valence-corrected chi connectivity index (χ1v) is 2.35. The molecule has 0 aromatic carbocycles. The number of nitrogens with one attached hydrogen (secondary N) is 1. The molecule has 0 unspecified atom stereocenters. The molecule has 0 aliphatic heterocycles. The lowest BCUT2D eigenvalue weighted by molar-refractivity contribution is 1.06. The van der Waals surface area contributed by atoms with Crippen LogP contribution in [-0.2, 0) is 6.42 Å². The summed E-state index contributed by atoms with van der Waals surface area (Å²) >= 11 is 0. The van der Waals surface area contributed by atoms with Crippen LogP contribution in [0.1, 0.15) is 12.6 Å². The van der Waals surface area contributed by atoms with Crippen LogP contribution in [0.2, 0.25) is 1.41 Å². The van der Waals surface area contributed by atoms with Gasteiger partial charge >= 0.3 is 0 Å². The molecule has 0 atom stereocenters. The van der Waals surface area contributed by atoms with E-state index in [1.807, 2.05) is 6.92 Å². The summed E-state index contributed by atoms with van der Waals surface area (Å²) in [5.41, 5.74) is 0.949. The fraction of sp³-hybridized carbons (Fsp3) is 0.400. The number of aromatic amines is 1. The Morgan fingerprint density at radius 2 is 3.00 bits per heavy atom. The van der Waals surface area contributed by atoms with Crippen molar-refractivity contribution in [2.24, 2.45) is 0 Å². The quantitative estimate of drug-likeness (QED) is 0.555. The molecule has 2 heteroatoms. The Balaban J connectivity index is 2.92. The number of aromatic nitrogens is 2. The van der Waals surface area contributed by atoms with Crippen molar-refractivity contribution in [3.05, 3.63) is 18.2 Å². The van der Waals surface area contributed by atoms with E-state index < -0.39 is 0 Å². The second-order valence-corrected chi connectivity index (χ2v) is 1.37. The molecule has 0 spiro atoms. The summed E-state index contributed by atoms with van der Waals surface area (Å²) in [6.45, 7) is 2.00. The Labute approximate surface area is 44.1 Å². The number of aryl methyl sites for hydroxylation is 1. The highest BCUT2D eigenvalue weighted by Gasteiger charge is 1.82. The van der Waals surface area contributed by atoms with Gasteiger partial charge in [-0.15, -0.1) is 0 Å². The summed E-state index contributed by atoms with van der Waals surface area (Å²) < 4.78 is 7.10. The van der Waals surface area contributed by atoms with E-state index in [1.165, 1.54) is 11.3 Å². The van der Waals surface area contributed by atoms with Gasteiger partial charge in [-0.25, -0.2) is 4.98 Å². The first kappa shape index (κ1) is 3.24. The molecule has 0 amide bonds. The molecule has 0 saturated heterocycles. The highest BCUT2D eigenvalue weighted by Crippen LogP contribution is 1.88. The van der Waals surface area contributed by atoms with Crippen molar-refractivity contribution in [2.75, 3.05) is 0 Å². The van der Waals surface area contributed by atoms with Crippen LogP contribution < -0.4 is 0 Å². The van der Waals surface area contributed by atoms with E-state index in [0.717, 1.165) is 12.1 Å². The van der Waals surface area contributed by atoms with Crippen molar-refractivity contribution in [2.45, 2.75) is 13.3 Å². The largest absolute Gasteiger partial charge is 0.349 e. The second-order valence-electron chi connectivity index (χ2n) is 1.37. The number of hydrogen-bond donors (Lipinski definition) is 1. The van der Waals surface area contributed by atoms with Gasteiger partial charge in [0.15, 0.2) is 1.41 Å². The van der Waals surface area contributed by atoms with Crippen LogP contribution in [0.5, 0.6) is 0 Å². The van der Waals surface area contributed by atoms with E-state index in [0.29, 0.717) is 0 Å². The van der Waals surface area contributed by atoms with E-state index in [2.05, 4.69) is 4.98 Å². The van der Waals surface area contributed by atoms with Crippen LogP contribution in [0.15, 0.2) is 12.5 Å². The van der Waals surface area contributed by atoms with Crippen molar-refractivity contribution in [3.63, 3.8) is 0 Å². The Morgan fingerprint density at radius 3 is 3.29 bits per heavy atom. The van der Waals surface area contributed by atoms with Gasteiger partial charge in [0.25, 0.3) is 0 Å². The lowest BCUT2D eigenvalue weighted by Gasteiger charge is -1.79. The maximum absolute atomic E-state index is 7.10. The normalized spacial score (nSPS) is 11.3. The zero-order valence-electron chi connectivity index (χ0n) is 5.26. The SMILES string of the molecule is [2H]n1cncc1CC. The first-order chi connectivity index (χ1) is 3.84. The predicted octanol–water partition coefficient (Wildman–Crippen LogP) is 0.972. The monoisotopic (exact) mass is 97.1 g/mol. The lowest BCUT2D eigenvalue weighted by Crippen LogP contribution is -1.73. The Kier molecular flexibility index (Phi) is 0.823. The maximum atomic E-state index is 7.10. The van der Waals surface area contributed by atoms with Crippen molar-refractivity contribution in [1.82, 2.24) is 9.96 Å². The summed E-state index contributed by atoms with van der Waals surface area (Å²) in [6, 6.07) is 0. The second kappa shape index (κ2) is 1.78. The van der Waals surface area contributed by atoms with Crippen molar-refractivity contribution >= 4 is 0 Å². The smallest absolute Gasteiger partial charge is 0.167 e. The van der Waals surface area contributed by atoms with E-state index in [1.54, 1.807) is 6.20 Å². The molecule has 0 saturated carbocycles. The van der Waals surface area contributed by atoms with Gasteiger partial charge in [0, 0.05) is 11.9 Å². The molecule has 1 N–H and O–H groups in total. The van der Waals surface area contributed by atoms with E-state index in [-0.39, 0.29) is 0 Å². The lowest BCUT2D eigenvalue weighted by atomic mass is 10.4. The average molecular weight is 97.1 g/mol. The standard InChI is InChI=1S/C5H8N2/c1-2-5-3-6-4-7-5/h3-4H,2H2,1H3,(H,6,7)/i/hD. The minimum absolute atomic E-state index is 0.878. The molecule has 2 nitrogen and oxygen atoms in total.